The Morgan fingerprint density at radius 3 is 2.46 bits per heavy atom. The highest BCUT2D eigenvalue weighted by atomic mass is 35.5. The van der Waals surface area contributed by atoms with Crippen LogP contribution in [0.4, 0.5) is 24.5 Å². The number of alkyl halides is 3. The molecule has 1 aliphatic heterocycles. The van der Waals surface area contributed by atoms with Crippen molar-refractivity contribution in [2.45, 2.75) is 24.3 Å². The molecule has 1 atom stereocenters. The van der Waals surface area contributed by atoms with E-state index in [1.165, 1.54) is 17.0 Å². The number of hydrogen-bond acceptors (Lipinski definition) is 4. The van der Waals surface area contributed by atoms with E-state index in [2.05, 4.69) is 10.3 Å². The van der Waals surface area contributed by atoms with Crippen molar-refractivity contribution in [3.05, 3.63) is 94.0 Å². The lowest BCUT2D eigenvalue weighted by Crippen LogP contribution is -2.46. The fourth-order valence-electron chi connectivity index (χ4n) is 3.60. The number of halogens is 5. The summed E-state index contributed by atoms with van der Waals surface area (Å²) in [6.07, 6.45) is -4.18. The molecule has 1 unspecified atom stereocenters. The number of hydrogen-bond donors (Lipinski definition) is 1. The molecule has 5 nitrogen and oxygen atoms in total. The number of nitrogens with one attached hydrogen (secondary N) is 1. The molecule has 0 radical (unpaired) electrons. The third kappa shape index (κ3) is 7.28. The van der Waals surface area contributed by atoms with E-state index in [1.54, 1.807) is 36.4 Å². The maximum atomic E-state index is 13.2. The maximum Gasteiger partial charge on any atom is 0.416 e. The van der Waals surface area contributed by atoms with E-state index in [0.717, 1.165) is 29.5 Å². The van der Waals surface area contributed by atoms with E-state index in [9.17, 15) is 22.8 Å². The Hall–Kier alpha value is -3.01. The summed E-state index contributed by atoms with van der Waals surface area (Å²) < 4.78 is 39.7. The third-order valence-corrected chi connectivity index (χ3v) is 7.13. The first-order valence-electron chi connectivity index (χ1n) is 11.1. The normalized spacial score (nSPS) is 17.2. The van der Waals surface area contributed by atoms with Gasteiger partial charge in [-0.25, -0.2) is 4.99 Å². The van der Waals surface area contributed by atoms with Crippen LogP contribution in [0.15, 0.2) is 77.8 Å². The summed E-state index contributed by atoms with van der Waals surface area (Å²) in [6, 6.07) is 18.2. The number of amides is 2. The van der Waals surface area contributed by atoms with E-state index in [1.807, 2.05) is 12.1 Å². The minimum absolute atomic E-state index is 0.0255. The number of carbonyl (C=O) groups excluding carboxylic acids is 2. The Balaban J connectivity index is 1.60. The van der Waals surface area contributed by atoms with Crippen LogP contribution in [0.2, 0.25) is 10.0 Å². The van der Waals surface area contributed by atoms with E-state index in [-0.39, 0.29) is 29.7 Å². The van der Waals surface area contributed by atoms with Gasteiger partial charge in [-0.3, -0.25) is 14.5 Å². The standard InChI is InChI=1S/C26H20Cl2F3N3O2S/c27-18-9-7-16(8-10-18)11-12-34-23(35)15-22(24(36)32-21-6-2-4-19(28)14-21)37-25(34)33-20-5-1-3-17(13-20)26(29,30)31/h1-10,13-14,22H,11-12,15H2,(H,32,36). The Kier molecular flexibility index (Phi) is 8.46. The summed E-state index contributed by atoms with van der Waals surface area (Å²) in [5.74, 6) is -0.792. The molecule has 2 amide bonds. The minimum atomic E-state index is -4.54. The SMILES string of the molecule is O=C(Nc1cccc(Cl)c1)C1CC(=O)N(CCc2ccc(Cl)cc2)C(=Nc2cccc(C(F)(F)F)c2)S1. The van der Waals surface area contributed by atoms with E-state index >= 15 is 0 Å². The number of benzene rings is 3. The van der Waals surface area contributed by atoms with E-state index in [0.29, 0.717) is 22.2 Å². The summed E-state index contributed by atoms with van der Waals surface area (Å²) in [5, 5.41) is 3.06. The van der Waals surface area contributed by atoms with Crippen LogP contribution in [0.5, 0.6) is 0 Å². The Morgan fingerprint density at radius 1 is 1.03 bits per heavy atom. The molecular formula is C26H20Cl2F3N3O2S. The third-order valence-electron chi connectivity index (χ3n) is 5.46. The van der Waals surface area contributed by atoms with Gasteiger partial charge in [-0.15, -0.1) is 0 Å². The molecule has 0 spiro atoms. The second-order valence-electron chi connectivity index (χ2n) is 8.17. The Labute approximate surface area is 225 Å². The number of anilines is 1. The molecular weight excluding hydrogens is 546 g/mol. The topological polar surface area (TPSA) is 61.8 Å². The lowest BCUT2D eigenvalue weighted by Gasteiger charge is -2.32. The second kappa shape index (κ2) is 11.6. The number of thioether (sulfide) groups is 1. The molecule has 4 rings (SSSR count). The van der Waals surface area contributed by atoms with Crippen LogP contribution < -0.4 is 5.32 Å². The summed E-state index contributed by atoms with van der Waals surface area (Å²) in [5.41, 5.74) is 0.551. The molecule has 0 aromatic heterocycles. The average Bonchev–Trinajstić information content (AvgIpc) is 2.84. The first-order chi connectivity index (χ1) is 17.6. The molecule has 1 saturated heterocycles. The molecule has 1 heterocycles. The molecule has 0 bridgehead atoms. The lowest BCUT2D eigenvalue weighted by molar-refractivity contribution is -0.137. The van der Waals surface area contributed by atoms with Gasteiger partial charge in [-0.05, 0) is 60.5 Å². The molecule has 1 fully saturated rings. The largest absolute Gasteiger partial charge is 0.416 e. The highest BCUT2D eigenvalue weighted by molar-refractivity contribution is 8.15. The van der Waals surface area contributed by atoms with Gasteiger partial charge in [0.2, 0.25) is 11.8 Å². The van der Waals surface area contributed by atoms with Gasteiger partial charge in [-0.1, -0.05) is 59.2 Å². The van der Waals surface area contributed by atoms with Gasteiger partial charge in [0, 0.05) is 28.7 Å². The quantitative estimate of drug-likeness (QED) is 0.343. The average molecular weight is 566 g/mol. The minimum Gasteiger partial charge on any atom is -0.325 e. The Morgan fingerprint density at radius 2 is 1.76 bits per heavy atom. The van der Waals surface area contributed by atoms with Crippen molar-refractivity contribution in [3.8, 4) is 0 Å². The molecule has 0 aliphatic carbocycles. The zero-order chi connectivity index (χ0) is 26.6. The van der Waals surface area contributed by atoms with Crippen LogP contribution in [0.3, 0.4) is 0 Å². The smallest absolute Gasteiger partial charge is 0.325 e. The molecule has 192 valence electrons. The zero-order valence-corrected chi connectivity index (χ0v) is 21.5. The molecule has 0 saturated carbocycles. The predicted octanol–water partition coefficient (Wildman–Crippen LogP) is 7.22. The van der Waals surface area contributed by atoms with Crippen molar-refractivity contribution in [2.24, 2.45) is 4.99 Å². The van der Waals surface area contributed by atoms with Crippen LogP contribution in [-0.2, 0) is 22.2 Å². The van der Waals surface area contributed by atoms with Crippen molar-refractivity contribution < 1.29 is 22.8 Å². The van der Waals surface area contributed by atoms with E-state index in [4.69, 9.17) is 23.2 Å². The highest BCUT2D eigenvalue weighted by Crippen LogP contribution is 2.34. The summed E-state index contributed by atoms with van der Waals surface area (Å²) >= 11 is 13.0. The van der Waals surface area contributed by atoms with Crippen LogP contribution in [0.25, 0.3) is 0 Å². The number of nitrogens with zero attached hydrogens (tertiary/aromatic N) is 2. The fraction of sp³-hybridized carbons (Fsp3) is 0.192. The zero-order valence-electron chi connectivity index (χ0n) is 19.1. The molecule has 1 aliphatic rings. The highest BCUT2D eigenvalue weighted by Gasteiger charge is 2.36. The molecule has 11 heteroatoms. The van der Waals surface area contributed by atoms with Crippen LogP contribution in [0, 0.1) is 0 Å². The van der Waals surface area contributed by atoms with Gasteiger partial charge in [0.15, 0.2) is 5.17 Å². The molecule has 37 heavy (non-hydrogen) atoms. The van der Waals surface area contributed by atoms with Crippen LogP contribution >= 0.6 is 35.0 Å². The number of aliphatic imine (C=N–C) groups is 1. The Bertz CT molecular complexity index is 1330. The van der Waals surface area contributed by atoms with Crippen molar-refractivity contribution in [1.29, 1.82) is 0 Å². The van der Waals surface area contributed by atoms with Crippen molar-refractivity contribution in [1.82, 2.24) is 4.90 Å². The molecule has 1 N–H and O–H groups in total. The van der Waals surface area contributed by atoms with Gasteiger partial charge < -0.3 is 5.32 Å². The maximum absolute atomic E-state index is 13.2. The van der Waals surface area contributed by atoms with Crippen molar-refractivity contribution in [2.75, 3.05) is 11.9 Å². The van der Waals surface area contributed by atoms with Gasteiger partial charge in [0.25, 0.3) is 0 Å². The fourth-order valence-corrected chi connectivity index (χ4v) is 5.05. The number of carbonyl (C=O) groups is 2. The van der Waals surface area contributed by atoms with Gasteiger partial charge in [0.1, 0.15) is 5.25 Å². The van der Waals surface area contributed by atoms with Crippen LogP contribution in [-0.4, -0.2) is 33.7 Å². The number of amidine groups is 1. The molecule has 3 aromatic carbocycles. The van der Waals surface area contributed by atoms with Gasteiger partial charge in [-0.2, -0.15) is 13.2 Å². The summed E-state index contributed by atoms with van der Waals surface area (Å²) in [4.78, 5) is 31.9. The first kappa shape index (κ1) is 27.0. The van der Waals surface area contributed by atoms with Crippen molar-refractivity contribution >= 4 is 63.3 Å². The van der Waals surface area contributed by atoms with Gasteiger partial charge >= 0.3 is 6.18 Å². The predicted molar refractivity (Wildman–Crippen MR) is 141 cm³/mol. The lowest BCUT2D eigenvalue weighted by atomic mass is 10.1. The monoisotopic (exact) mass is 565 g/mol. The van der Waals surface area contributed by atoms with E-state index < -0.39 is 22.9 Å². The second-order valence-corrected chi connectivity index (χ2v) is 10.2. The first-order valence-corrected chi connectivity index (χ1v) is 12.8. The van der Waals surface area contributed by atoms with Crippen LogP contribution in [0.1, 0.15) is 17.5 Å². The summed E-state index contributed by atoms with van der Waals surface area (Å²) in [6.45, 7) is 0.230. The summed E-state index contributed by atoms with van der Waals surface area (Å²) in [7, 11) is 0. The molecule has 3 aromatic rings. The number of rotatable bonds is 6. The van der Waals surface area contributed by atoms with Gasteiger partial charge in [0.05, 0.1) is 11.3 Å². The van der Waals surface area contributed by atoms with Crippen molar-refractivity contribution in [3.63, 3.8) is 0 Å².